The number of halogens is 1. The molecule has 7 nitrogen and oxygen atoms in total. The molecule has 0 saturated heterocycles. The van der Waals surface area contributed by atoms with Crippen LogP contribution in [0, 0.1) is 0 Å². The summed E-state index contributed by atoms with van der Waals surface area (Å²) in [7, 11) is 1.50. The van der Waals surface area contributed by atoms with Crippen molar-refractivity contribution in [2.75, 3.05) is 40.0 Å². The summed E-state index contributed by atoms with van der Waals surface area (Å²) >= 11 is 3.41. The van der Waals surface area contributed by atoms with Crippen molar-refractivity contribution >= 4 is 27.8 Å². The molecule has 23 heavy (non-hydrogen) atoms. The number of aliphatic carboxylic acids is 1. The van der Waals surface area contributed by atoms with Crippen LogP contribution in [-0.4, -0.2) is 61.9 Å². The second-order valence-electron chi connectivity index (χ2n) is 4.97. The molecule has 0 aromatic heterocycles. The van der Waals surface area contributed by atoms with Crippen LogP contribution in [0.25, 0.3) is 0 Å². The topological polar surface area (TPSA) is 85.3 Å². The number of carboxylic acid groups (broad SMARTS) is 1. The Morgan fingerprint density at radius 3 is 2.57 bits per heavy atom. The normalized spacial score (nSPS) is 12.8. The van der Waals surface area contributed by atoms with E-state index in [4.69, 9.17) is 19.3 Å². The molecule has 1 N–H and O–H groups in total. The number of amides is 1. The van der Waals surface area contributed by atoms with Gasteiger partial charge < -0.3 is 24.2 Å². The molecule has 1 aliphatic heterocycles. The van der Waals surface area contributed by atoms with Gasteiger partial charge >= 0.3 is 5.97 Å². The summed E-state index contributed by atoms with van der Waals surface area (Å²) in [5, 5.41) is 8.93. The summed E-state index contributed by atoms with van der Waals surface area (Å²) in [6, 6.07) is 3.50. The standard InChI is InChI=1S/C15H18BrNO6/c1-21-3-2-17(9-15(19)20)14(18)7-10-6-12-13(8-11(10)16)23-5-4-22-12/h6,8H,2-5,7,9H2,1H3,(H,19,20). The van der Waals surface area contributed by atoms with Gasteiger partial charge in [0.2, 0.25) is 5.91 Å². The molecule has 1 amide bonds. The molecule has 0 saturated carbocycles. The fourth-order valence-electron chi connectivity index (χ4n) is 2.17. The zero-order chi connectivity index (χ0) is 16.8. The highest BCUT2D eigenvalue weighted by Gasteiger charge is 2.20. The summed E-state index contributed by atoms with van der Waals surface area (Å²) in [6.07, 6.45) is 0.0637. The maximum absolute atomic E-state index is 12.4. The number of rotatable bonds is 7. The lowest BCUT2D eigenvalue weighted by molar-refractivity contribution is -0.144. The van der Waals surface area contributed by atoms with Crippen molar-refractivity contribution in [3.05, 3.63) is 22.2 Å². The number of hydrogen-bond acceptors (Lipinski definition) is 5. The Hall–Kier alpha value is -1.80. The Morgan fingerprint density at radius 1 is 1.30 bits per heavy atom. The van der Waals surface area contributed by atoms with E-state index in [1.54, 1.807) is 12.1 Å². The van der Waals surface area contributed by atoms with Crippen LogP contribution in [-0.2, 0) is 20.7 Å². The van der Waals surface area contributed by atoms with Gasteiger partial charge in [0.15, 0.2) is 11.5 Å². The number of fused-ring (bicyclic) bond motifs is 1. The molecule has 0 bridgehead atoms. The predicted octanol–water partition coefficient (Wildman–Crippen LogP) is 1.32. The third kappa shape index (κ3) is 4.84. The first kappa shape index (κ1) is 17.6. The van der Waals surface area contributed by atoms with Crippen molar-refractivity contribution in [2.45, 2.75) is 6.42 Å². The van der Waals surface area contributed by atoms with E-state index in [2.05, 4.69) is 15.9 Å². The second kappa shape index (κ2) is 8.16. The first-order valence-electron chi connectivity index (χ1n) is 7.07. The van der Waals surface area contributed by atoms with Crippen LogP contribution in [0.5, 0.6) is 11.5 Å². The SMILES string of the molecule is COCCN(CC(=O)O)C(=O)Cc1cc2c(cc1Br)OCCO2. The van der Waals surface area contributed by atoms with E-state index in [1.807, 2.05) is 0 Å². The zero-order valence-corrected chi connectivity index (χ0v) is 14.3. The number of carbonyl (C=O) groups excluding carboxylic acids is 1. The van der Waals surface area contributed by atoms with Crippen molar-refractivity contribution in [1.29, 1.82) is 0 Å². The Balaban J connectivity index is 2.12. The minimum atomic E-state index is -1.06. The highest BCUT2D eigenvalue weighted by atomic mass is 79.9. The molecule has 1 aromatic carbocycles. The minimum absolute atomic E-state index is 0.0637. The predicted molar refractivity (Wildman–Crippen MR) is 84.9 cm³/mol. The number of carboxylic acids is 1. The highest BCUT2D eigenvalue weighted by Crippen LogP contribution is 2.35. The van der Waals surface area contributed by atoms with Crippen LogP contribution in [0.15, 0.2) is 16.6 Å². The van der Waals surface area contributed by atoms with Gasteiger partial charge in [-0.2, -0.15) is 0 Å². The van der Waals surface area contributed by atoms with E-state index in [0.717, 1.165) is 4.47 Å². The van der Waals surface area contributed by atoms with Gasteiger partial charge in [0.1, 0.15) is 19.8 Å². The maximum atomic E-state index is 12.4. The van der Waals surface area contributed by atoms with Crippen molar-refractivity contribution in [1.82, 2.24) is 4.90 Å². The third-order valence-electron chi connectivity index (χ3n) is 3.30. The van der Waals surface area contributed by atoms with Crippen molar-refractivity contribution in [3.63, 3.8) is 0 Å². The first-order valence-corrected chi connectivity index (χ1v) is 7.87. The summed E-state index contributed by atoms with van der Waals surface area (Å²) in [5.74, 6) is -0.137. The first-order chi connectivity index (χ1) is 11.0. The molecule has 0 unspecified atom stereocenters. The zero-order valence-electron chi connectivity index (χ0n) is 12.7. The van der Waals surface area contributed by atoms with E-state index in [1.165, 1.54) is 12.0 Å². The van der Waals surface area contributed by atoms with E-state index in [9.17, 15) is 9.59 Å². The Bertz CT molecular complexity index is 592. The van der Waals surface area contributed by atoms with Gasteiger partial charge in [0.25, 0.3) is 0 Å². The van der Waals surface area contributed by atoms with Crippen LogP contribution >= 0.6 is 15.9 Å². The molecule has 1 aromatic rings. The smallest absolute Gasteiger partial charge is 0.323 e. The van der Waals surface area contributed by atoms with Crippen LogP contribution in [0.4, 0.5) is 0 Å². The summed E-state index contributed by atoms with van der Waals surface area (Å²) < 4.78 is 16.6. The van der Waals surface area contributed by atoms with Gasteiger partial charge in [-0.05, 0) is 17.7 Å². The molecule has 1 heterocycles. The number of hydrogen-bond donors (Lipinski definition) is 1. The fraction of sp³-hybridized carbons (Fsp3) is 0.467. The lowest BCUT2D eigenvalue weighted by Crippen LogP contribution is -2.39. The highest BCUT2D eigenvalue weighted by molar-refractivity contribution is 9.10. The minimum Gasteiger partial charge on any atom is -0.486 e. The van der Waals surface area contributed by atoms with Gasteiger partial charge in [0.05, 0.1) is 13.0 Å². The van der Waals surface area contributed by atoms with Gasteiger partial charge in [-0.15, -0.1) is 0 Å². The second-order valence-corrected chi connectivity index (χ2v) is 5.82. The summed E-state index contributed by atoms with van der Waals surface area (Å²) in [4.78, 5) is 24.6. The Kier molecular flexibility index (Phi) is 6.23. The maximum Gasteiger partial charge on any atom is 0.323 e. The number of benzene rings is 1. The van der Waals surface area contributed by atoms with E-state index < -0.39 is 5.97 Å². The molecule has 2 rings (SSSR count). The van der Waals surface area contributed by atoms with Crippen molar-refractivity contribution < 1.29 is 28.9 Å². The third-order valence-corrected chi connectivity index (χ3v) is 4.04. The van der Waals surface area contributed by atoms with Gasteiger partial charge in [-0.1, -0.05) is 15.9 Å². The largest absolute Gasteiger partial charge is 0.486 e. The van der Waals surface area contributed by atoms with Gasteiger partial charge in [-0.3, -0.25) is 9.59 Å². The number of carbonyl (C=O) groups is 2. The molecule has 0 aliphatic carbocycles. The Morgan fingerprint density at radius 2 is 1.96 bits per heavy atom. The molecule has 0 spiro atoms. The molecule has 126 valence electrons. The molecule has 8 heteroatoms. The fourth-order valence-corrected chi connectivity index (χ4v) is 2.64. The van der Waals surface area contributed by atoms with Crippen LogP contribution in [0.2, 0.25) is 0 Å². The van der Waals surface area contributed by atoms with Gasteiger partial charge in [-0.25, -0.2) is 0 Å². The molecule has 0 atom stereocenters. The number of ether oxygens (including phenoxy) is 3. The van der Waals surface area contributed by atoms with Gasteiger partial charge in [0, 0.05) is 18.1 Å². The monoisotopic (exact) mass is 387 g/mol. The number of nitrogens with zero attached hydrogens (tertiary/aromatic N) is 1. The molecular weight excluding hydrogens is 370 g/mol. The Labute approximate surface area is 142 Å². The molecule has 1 aliphatic rings. The summed E-state index contributed by atoms with van der Waals surface area (Å²) in [6.45, 7) is 1.09. The number of methoxy groups -OCH3 is 1. The average Bonchev–Trinajstić information content (AvgIpc) is 2.51. The van der Waals surface area contributed by atoms with Crippen molar-refractivity contribution in [3.8, 4) is 11.5 Å². The quantitative estimate of drug-likeness (QED) is 0.759. The van der Waals surface area contributed by atoms with Crippen LogP contribution in [0.1, 0.15) is 5.56 Å². The van der Waals surface area contributed by atoms with Crippen LogP contribution in [0.3, 0.4) is 0 Å². The molecule has 0 radical (unpaired) electrons. The molecule has 0 fully saturated rings. The molecular formula is C15H18BrNO6. The van der Waals surface area contributed by atoms with E-state index in [-0.39, 0.29) is 32.0 Å². The van der Waals surface area contributed by atoms with Crippen molar-refractivity contribution in [2.24, 2.45) is 0 Å². The van der Waals surface area contributed by atoms with E-state index >= 15 is 0 Å². The van der Waals surface area contributed by atoms with Crippen LogP contribution < -0.4 is 9.47 Å². The lowest BCUT2D eigenvalue weighted by Gasteiger charge is -2.22. The van der Waals surface area contributed by atoms with E-state index in [0.29, 0.717) is 30.3 Å². The lowest BCUT2D eigenvalue weighted by atomic mass is 10.1. The average molecular weight is 388 g/mol. The summed E-state index contributed by atoms with van der Waals surface area (Å²) in [5.41, 5.74) is 0.715.